The predicted molar refractivity (Wildman–Crippen MR) is 351 cm³/mol. The van der Waals surface area contributed by atoms with Crippen molar-refractivity contribution in [3.63, 3.8) is 0 Å². The fraction of sp³-hybridized carbons (Fsp3) is 1.00. The van der Waals surface area contributed by atoms with E-state index >= 15 is 0 Å². The van der Waals surface area contributed by atoms with Crippen LogP contribution in [0.2, 0.25) is 0 Å². The van der Waals surface area contributed by atoms with Crippen molar-refractivity contribution in [1.29, 1.82) is 0 Å². The molecule has 0 aromatic carbocycles. The molecule has 0 unspecified atom stereocenters. The Morgan fingerprint density at radius 2 is 0.189 bits per heavy atom. The first kappa shape index (κ1) is 74.4. The summed E-state index contributed by atoms with van der Waals surface area (Å²) in [5, 5.41) is 0. The molecule has 0 aliphatic rings. The van der Waals surface area contributed by atoms with Gasteiger partial charge in [-0.2, -0.15) is 0 Å². The normalized spacial score (nSPS) is 12.2. The Morgan fingerprint density at radius 3 is 0.284 bits per heavy atom. The summed E-state index contributed by atoms with van der Waals surface area (Å²) >= 11 is 0. The Kier molecular flexibility index (Phi) is 68.1. The Bertz CT molecular complexity index is 852. The molecule has 0 radical (unpaired) electrons. The summed E-state index contributed by atoms with van der Waals surface area (Å²) < 4.78 is 0. The van der Waals surface area contributed by atoms with Gasteiger partial charge in [-0.15, -0.1) is 0 Å². The molecule has 1 heteroatoms. The molecular weight excluding hydrogens is 908 g/mol. The van der Waals surface area contributed by atoms with E-state index < -0.39 is 7.26 Å². The van der Waals surface area contributed by atoms with Crippen molar-refractivity contribution in [2.24, 2.45) is 0 Å². The third kappa shape index (κ3) is 61.6. The van der Waals surface area contributed by atoms with E-state index in [2.05, 4.69) is 27.7 Å². The summed E-state index contributed by atoms with van der Waals surface area (Å²) in [5.74, 6) is 0. The van der Waals surface area contributed by atoms with Crippen molar-refractivity contribution in [2.45, 2.75) is 445 Å². The molecule has 0 saturated carbocycles. The number of rotatable bonds is 69. The van der Waals surface area contributed by atoms with Crippen molar-refractivity contribution in [3.05, 3.63) is 0 Å². The molecule has 0 heterocycles. The van der Waals surface area contributed by atoms with Crippen LogP contribution in [0.5, 0.6) is 0 Å². The van der Waals surface area contributed by atoms with Crippen molar-refractivity contribution < 1.29 is 0 Å². The molecule has 0 nitrogen and oxygen atoms in total. The van der Waals surface area contributed by atoms with Crippen molar-refractivity contribution >= 4 is 7.26 Å². The first-order chi connectivity index (χ1) is 36.7. The van der Waals surface area contributed by atoms with Gasteiger partial charge in [-0.3, -0.25) is 0 Å². The van der Waals surface area contributed by atoms with Gasteiger partial charge in [-0.05, 0) is 0 Å². The number of unbranched alkanes of at least 4 members (excludes halogenated alkanes) is 61. The van der Waals surface area contributed by atoms with Gasteiger partial charge in [0.2, 0.25) is 0 Å². The SMILES string of the molecule is CCCCCCCCCCCCCCCCCCC[PH](CCCCCCCCCCCCCCCCCC)(CCCCCCCCCCCCCCCCCC)CCCCCCCCCCCCCCCCCC. The minimum Gasteiger partial charge on any atom is -0.0654 e. The molecule has 0 amide bonds. The van der Waals surface area contributed by atoms with Gasteiger partial charge in [0, 0.05) is 0 Å². The van der Waals surface area contributed by atoms with E-state index in [1.165, 1.54) is 366 Å². The van der Waals surface area contributed by atoms with Gasteiger partial charge in [-0.1, -0.05) is 163 Å². The molecule has 0 fully saturated rings. The Hall–Kier alpha value is 0.430. The summed E-state index contributed by atoms with van der Waals surface area (Å²) in [5.41, 5.74) is 0. The van der Waals surface area contributed by atoms with Crippen molar-refractivity contribution in [1.82, 2.24) is 0 Å². The van der Waals surface area contributed by atoms with Gasteiger partial charge >= 0.3 is 314 Å². The van der Waals surface area contributed by atoms with E-state index in [4.69, 9.17) is 0 Å². The standard InChI is InChI=1S/C73H151P/c1-5-9-13-17-21-25-29-33-37-41-45-49-53-57-61-65-69-73-74(70-66-62-58-54-50-46-42-38-34-30-26-22-18-14-10-6-2,71-67-63-59-55-51-47-43-39-35-31-27-23-19-15-11-7-3)72-68-64-60-56-52-48-44-40-36-32-28-24-20-16-12-8-4/h74H,5-73H2,1-4H3. The summed E-state index contributed by atoms with van der Waals surface area (Å²) in [4.78, 5) is 0. The second kappa shape index (κ2) is 67.7. The molecule has 0 saturated heterocycles. The molecule has 74 heavy (non-hydrogen) atoms. The maximum atomic E-state index is 2.34. The van der Waals surface area contributed by atoms with E-state index in [1.54, 1.807) is 76.0 Å². The molecule has 0 rings (SSSR count). The third-order valence-electron chi connectivity index (χ3n) is 18.5. The molecule has 0 aromatic heterocycles. The van der Waals surface area contributed by atoms with Gasteiger partial charge in [-0.25, -0.2) is 0 Å². The molecule has 0 N–H and O–H groups in total. The predicted octanol–water partition coefficient (Wildman–Crippen LogP) is 28.2. The van der Waals surface area contributed by atoms with E-state index in [0.717, 1.165) is 0 Å². The van der Waals surface area contributed by atoms with Gasteiger partial charge < -0.3 is 0 Å². The molecule has 0 aliphatic carbocycles. The summed E-state index contributed by atoms with van der Waals surface area (Å²) in [6.07, 6.45) is 104. The van der Waals surface area contributed by atoms with Crippen LogP contribution in [0.1, 0.15) is 445 Å². The van der Waals surface area contributed by atoms with Crippen LogP contribution in [0.3, 0.4) is 0 Å². The Balaban J connectivity index is 4.96. The number of hydrogen-bond acceptors (Lipinski definition) is 0. The van der Waals surface area contributed by atoms with Crippen molar-refractivity contribution in [2.75, 3.05) is 24.6 Å². The third-order valence-corrected chi connectivity index (χ3v) is 24.1. The quantitative estimate of drug-likeness (QED) is 0.0421. The van der Waals surface area contributed by atoms with E-state index in [1.807, 2.05) is 0 Å². The van der Waals surface area contributed by atoms with Crippen LogP contribution in [0.4, 0.5) is 0 Å². The van der Waals surface area contributed by atoms with E-state index in [-0.39, 0.29) is 0 Å². The fourth-order valence-corrected chi connectivity index (χ4v) is 18.6. The van der Waals surface area contributed by atoms with Gasteiger partial charge in [0.05, 0.1) is 0 Å². The topological polar surface area (TPSA) is 0 Å². The second-order valence-electron chi connectivity index (χ2n) is 26.1. The first-order valence-corrected chi connectivity index (χ1v) is 39.6. The molecule has 448 valence electrons. The van der Waals surface area contributed by atoms with Crippen LogP contribution in [0, 0.1) is 0 Å². The van der Waals surface area contributed by atoms with Crippen LogP contribution < -0.4 is 0 Å². The van der Waals surface area contributed by atoms with Crippen LogP contribution in [0.15, 0.2) is 0 Å². The zero-order valence-corrected chi connectivity index (χ0v) is 54.3. The molecule has 0 atom stereocenters. The summed E-state index contributed by atoms with van der Waals surface area (Å²) in [7, 11) is -1.23. The average Bonchev–Trinajstić information content (AvgIpc) is 3.41. The maximum absolute atomic E-state index is 2.34. The molecule has 0 bridgehead atoms. The van der Waals surface area contributed by atoms with Gasteiger partial charge in [0.1, 0.15) is 0 Å². The summed E-state index contributed by atoms with van der Waals surface area (Å²) in [6.45, 7) is 9.34. The fourth-order valence-electron chi connectivity index (χ4n) is 13.1. The van der Waals surface area contributed by atoms with Crippen LogP contribution >= 0.6 is 7.26 Å². The Morgan fingerprint density at radius 1 is 0.108 bits per heavy atom. The molecule has 0 spiro atoms. The van der Waals surface area contributed by atoms with E-state index in [0.29, 0.717) is 0 Å². The summed E-state index contributed by atoms with van der Waals surface area (Å²) in [6, 6.07) is 0. The molecular formula is C73H151P. The average molecular weight is 1060 g/mol. The minimum atomic E-state index is -1.23. The monoisotopic (exact) mass is 1060 g/mol. The Labute approximate surface area is 474 Å². The second-order valence-corrected chi connectivity index (χ2v) is 31.1. The van der Waals surface area contributed by atoms with Crippen LogP contribution in [0.25, 0.3) is 0 Å². The smallest absolute Gasteiger partial charge is 0.0654 e. The van der Waals surface area contributed by atoms with Crippen LogP contribution in [-0.2, 0) is 0 Å². The zero-order valence-electron chi connectivity index (χ0n) is 53.3. The minimum absolute atomic E-state index is 1.23. The molecule has 0 aromatic rings. The van der Waals surface area contributed by atoms with E-state index in [9.17, 15) is 0 Å². The van der Waals surface area contributed by atoms with Crippen molar-refractivity contribution in [3.8, 4) is 0 Å². The van der Waals surface area contributed by atoms with Crippen LogP contribution in [-0.4, -0.2) is 24.6 Å². The number of hydrogen-bond donors (Lipinski definition) is 0. The zero-order chi connectivity index (χ0) is 53.3. The molecule has 0 aliphatic heterocycles. The van der Waals surface area contributed by atoms with Gasteiger partial charge in [0.25, 0.3) is 0 Å². The van der Waals surface area contributed by atoms with Gasteiger partial charge in [0.15, 0.2) is 0 Å². The first-order valence-electron chi connectivity index (χ1n) is 36.7.